The first-order chi connectivity index (χ1) is 8.53. The van der Waals surface area contributed by atoms with Crippen molar-refractivity contribution in [3.63, 3.8) is 0 Å². The number of carbonyl (C=O) groups excluding carboxylic acids is 1. The molecule has 1 aromatic rings. The Morgan fingerprint density at radius 2 is 2.00 bits per heavy atom. The van der Waals surface area contributed by atoms with Crippen molar-refractivity contribution >= 4 is 12.0 Å². The zero-order valence-corrected chi connectivity index (χ0v) is 9.68. The standard InChI is InChI=1S/C13H14F2O3/c14-13(15,10-16)18-12(17)9-5-4-8-11-6-2-1-3-7-11/h1-4,6-8,16H,5,9-10H2/b8-4+. The first-order valence-corrected chi connectivity index (χ1v) is 5.45. The zero-order chi connectivity index (χ0) is 13.4. The third-order valence-electron chi connectivity index (χ3n) is 2.07. The van der Waals surface area contributed by atoms with Gasteiger partial charge in [0.25, 0.3) is 0 Å². The fourth-order valence-electron chi connectivity index (χ4n) is 1.23. The molecule has 0 bridgehead atoms. The van der Waals surface area contributed by atoms with Crippen LogP contribution in [0.5, 0.6) is 0 Å². The molecule has 5 heteroatoms. The molecule has 0 aliphatic rings. The lowest BCUT2D eigenvalue weighted by atomic mass is 10.2. The van der Waals surface area contributed by atoms with E-state index >= 15 is 0 Å². The number of aliphatic hydroxyl groups is 1. The Morgan fingerprint density at radius 3 is 2.61 bits per heavy atom. The van der Waals surface area contributed by atoms with Gasteiger partial charge in [-0.3, -0.25) is 4.79 Å². The van der Waals surface area contributed by atoms with E-state index in [9.17, 15) is 13.6 Å². The van der Waals surface area contributed by atoms with Crippen LogP contribution in [0.3, 0.4) is 0 Å². The van der Waals surface area contributed by atoms with Gasteiger partial charge < -0.3 is 9.84 Å². The first kappa shape index (κ1) is 14.3. The number of allylic oxidation sites excluding steroid dienone is 1. The number of halogens is 2. The summed E-state index contributed by atoms with van der Waals surface area (Å²) in [7, 11) is 0. The summed E-state index contributed by atoms with van der Waals surface area (Å²) in [6, 6.07) is 9.39. The van der Waals surface area contributed by atoms with Gasteiger partial charge in [-0.2, -0.15) is 8.78 Å². The van der Waals surface area contributed by atoms with Gasteiger partial charge in [0.2, 0.25) is 0 Å². The fourth-order valence-corrected chi connectivity index (χ4v) is 1.23. The van der Waals surface area contributed by atoms with E-state index in [0.717, 1.165) is 5.56 Å². The first-order valence-electron chi connectivity index (χ1n) is 5.45. The minimum absolute atomic E-state index is 0.154. The topological polar surface area (TPSA) is 46.5 Å². The van der Waals surface area contributed by atoms with Gasteiger partial charge in [-0.1, -0.05) is 42.5 Å². The highest BCUT2D eigenvalue weighted by atomic mass is 19.3. The number of hydrogen-bond donors (Lipinski definition) is 1. The summed E-state index contributed by atoms with van der Waals surface area (Å²) in [6.07, 6.45) is -0.153. The van der Waals surface area contributed by atoms with Crippen LogP contribution < -0.4 is 0 Å². The molecular formula is C13H14F2O3. The summed E-state index contributed by atoms with van der Waals surface area (Å²) >= 11 is 0. The number of aliphatic hydroxyl groups excluding tert-OH is 1. The van der Waals surface area contributed by atoms with E-state index in [4.69, 9.17) is 5.11 Å². The fraction of sp³-hybridized carbons (Fsp3) is 0.308. The second-order valence-corrected chi connectivity index (χ2v) is 3.62. The van der Waals surface area contributed by atoms with Crippen molar-refractivity contribution in [1.29, 1.82) is 0 Å². The average Bonchev–Trinajstić information content (AvgIpc) is 2.35. The normalized spacial score (nSPS) is 11.7. The maximum Gasteiger partial charge on any atom is 0.423 e. The Kier molecular flexibility index (Phi) is 5.45. The Morgan fingerprint density at radius 1 is 1.33 bits per heavy atom. The van der Waals surface area contributed by atoms with Gasteiger partial charge in [-0.05, 0) is 12.0 Å². The van der Waals surface area contributed by atoms with E-state index in [0.29, 0.717) is 6.42 Å². The average molecular weight is 256 g/mol. The molecule has 0 unspecified atom stereocenters. The molecule has 1 aromatic carbocycles. The van der Waals surface area contributed by atoms with Crippen LogP contribution in [-0.2, 0) is 9.53 Å². The zero-order valence-electron chi connectivity index (χ0n) is 9.68. The van der Waals surface area contributed by atoms with Crippen molar-refractivity contribution in [1.82, 2.24) is 0 Å². The molecule has 0 aliphatic heterocycles. The third-order valence-corrected chi connectivity index (χ3v) is 2.07. The van der Waals surface area contributed by atoms with E-state index in [1.807, 2.05) is 30.3 Å². The SMILES string of the molecule is O=C(CC/C=C/c1ccccc1)OC(F)(F)CO. The van der Waals surface area contributed by atoms with Crippen LogP contribution in [0.1, 0.15) is 18.4 Å². The Bertz CT molecular complexity index is 402. The van der Waals surface area contributed by atoms with Crippen molar-refractivity contribution < 1.29 is 23.4 Å². The highest BCUT2D eigenvalue weighted by Gasteiger charge is 2.32. The molecule has 3 nitrogen and oxygen atoms in total. The van der Waals surface area contributed by atoms with Gasteiger partial charge in [0, 0.05) is 6.42 Å². The van der Waals surface area contributed by atoms with Crippen molar-refractivity contribution in [3.05, 3.63) is 42.0 Å². The van der Waals surface area contributed by atoms with Gasteiger partial charge in [0.05, 0.1) is 0 Å². The summed E-state index contributed by atoms with van der Waals surface area (Å²) < 4.78 is 28.7. The lowest BCUT2D eigenvalue weighted by Gasteiger charge is -2.12. The van der Waals surface area contributed by atoms with E-state index in [1.165, 1.54) is 0 Å². The lowest BCUT2D eigenvalue weighted by Crippen LogP contribution is -2.28. The molecule has 0 aromatic heterocycles. The van der Waals surface area contributed by atoms with Crippen molar-refractivity contribution in [2.75, 3.05) is 6.61 Å². The second kappa shape index (κ2) is 6.86. The van der Waals surface area contributed by atoms with Crippen molar-refractivity contribution in [3.8, 4) is 0 Å². The van der Waals surface area contributed by atoms with E-state index in [1.54, 1.807) is 12.2 Å². The molecule has 0 atom stereocenters. The van der Waals surface area contributed by atoms with Gasteiger partial charge in [-0.25, -0.2) is 0 Å². The quantitative estimate of drug-likeness (QED) is 0.796. The number of ether oxygens (including phenoxy) is 1. The number of alkyl halides is 2. The molecule has 0 saturated carbocycles. The summed E-state index contributed by atoms with van der Waals surface area (Å²) in [4.78, 5) is 11.0. The number of rotatable bonds is 6. The number of benzene rings is 1. The molecule has 0 heterocycles. The third kappa shape index (κ3) is 5.54. The molecule has 98 valence electrons. The summed E-state index contributed by atoms with van der Waals surface area (Å²) in [5.41, 5.74) is 0.964. The van der Waals surface area contributed by atoms with Crippen LogP contribution in [0.25, 0.3) is 6.08 Å². The van der Waals surface area contributed by atoms with Gasteiger partial charge in [0.1, 0.15) is 6.61 Å². The number of esters is 1. The van der Waals surface area contributed by atoms with Gasteiger partial charge in [0.15, 0.2) is 0 Å². The molecule has 18 heavy (non-hydrogen) atoms. The second-order valence-electron chi connectivity index (χ2n) is 3.62. The van der Waals surface area contributed by atoms with E-state index in [2.05, 4.69) is 4.74 Å². The molecule has 0 spiro atoms. The molecule has 1 rings (SSSR count). The summed E-state index contributed by atoms with van der Waals surface area (Å²) in [5, 5.41) is 8.22. The molecule has 1 N–H and O–H groups in total. The molecule has 0 amide bonds. The van der Waals surface area contributed by atoms with Crippen LogP contribution in [0.4, 0.5) is 8.78 Å². The Balaban J connectivity index is 2.30. The molecule has 0 saturated heterocycles. The lowest BCUT2D eigenvalue weighted by molar-refractivity contribution is -0.247. The van der Waals surface area contributed by atoms with Crippen LogP contribution in [0.15, 0.2) is 36.4 Å². The predicted octanol–water partition coefficient (Wildman–Crippen LogP) is 2.61. The van der Waals surface area contributed by atoms with Crippen molar-refractivity contribution in [2.45, 2.75) is 19.0 Å². The number of carbonyl (C=O) groups is 1. The summed E-state index contributed by atoms with van der Waals surface area (Å²) in [6.45, 7) is -1.50. The summed E-state index contributed by atoms with van der Waals surface area (Å²) in [5.74, 6) is -1.04. The minimum atomic E-state index is -3.79. The highest BCUT2D eigenvalue weighted by Crippen LogP contribution is 2.15. The smallest absolute Gasteiger partial charge is 0.399 e. The number of hydrogen-bond acceptors (Lipinski definition) is 3. The maximum atomic E-state index is 12.5. The van der Waals surface area contributed by atoms with Gasteiger partial charge in [-0.15, -0.1) is 0 Å². The van der Waals surface area contributed by atoms with Crippen molar-refractivity contribution in [2.24, 2.45) is 0 Å². The molecule has 0 fully saturated rings. The van der Waals surface area contributed by atoms with E-state index in [-0.39, 0.29) is 6.42 Å². The van der Waals surface area contributed by atoms with Crippen LogP contribution in [0.2, 0.25) is 0 Å². The molecule has 0 radical (unpaired) electrons. The van der Waals surface area contributed by atoms with Gasteiger partial charge >= 0.3 is 12.1 Å². The van der Waals surface area contributed by atoms with Crippen LogP contribution >= 0.6 is 0 Å². The highest BCUT2D eigenvalue weighted by molar-refractivity contribution is 5.70. The monoisotopic (exact) mass is 256 g/mol. The molecular weight excluding hydrogens is 242 g/mol. The Labute approximate surface area is 104 Å². The van der Waals surface area contributed by atoms with Crippen LogP contribution in [0, 0.1) is 0 Å². The largest absolute Gasteiger partial charge is 0.423 e. The van der Waals surface area contributed by atoms with E-state index < -0.39 is 18.7 Å². The Hall–Kier alpha value is -1.75. The predicted molar refractivity (Wildman–Crippen MR) is 62.8 cm³/mol. The van der Waals surface area contributed by atoms with Crippen LogP contribution in [-0.4, -0.2) is 23.8 Å². The molecule has 0 aliphatic carbocycles. The minimum Gasteiger partial charge on any atom is -0.399 e. The maximum absolute atomic E-state index is 12.5.